The largest absolute Gasteiger partial charge is 0.473 e. The minimum Gasteiger partial charge on any atom is -0.473 e. The van der Waals surface area contributed by atoms with Crippen LogP contribution in [0.25, 0.3) is 0 Å². The van der Waals surface area contributed by atoms with E-state index in [9.17, 15) is 0 Å². The molecule has 0 fully saturated rings. The molecular formula is C48H54N18O5S5. The van der Waals surface area contributed by atoms with Crippen LogP contribution in [0.15, 0.2) is 278 Å². The number of rotatable bonds is 0. The molecule has 11 aromatic rings. The van der Waals surface area contributed by atoms with E-state index >= 15 is 0 Å². The molecule has 0 amide bonds. The number of aromatic nitrogens is 14. The number of allylic oxidation sites excluding steroid dienone is 6. The van der Waals surface area contributed by atoms with Gasteiger partial charge in [0.05, 0.1) is 43.3 Å². The summed E-state index contributed by atoms with van der Waals surface area (Å²) in [5.74, 6) is 0. The van der Waals surface area contributed by atoms with E-state index in [4.69, 9.17) is 0 Å². The minimum absolute atomic E-state index is 0.889. The van der Waals surface area contributed by atoms with Crippen LogP contribution in [0.3, 0.4) is 0 Å². The Balaban J connectivity index is 0.000000407. The lowest BCUT2D eigenvalue weighted by atomic mass is 10.5. The van der Waals surface area contributed by atoms with E-state index in [1.807, 2.05) is 94.1 Å². The summed E-state index contributed by atoms with van der Waals surface area (Å²) in [6, 6.07) is 11.3. The third-order valence-electron chi connectivity index (χ3n) is 6.18. The first-order chi connectivity index (χ1) is 37.9. The Labute approximate surface area is 459 Å². The van der Waals surface area contributed by atoms with Crippen LogP contribution in [0, 0.1) is 0 Å². The summed E-state index contributed by atoms with van der Waals surface area (Å²) in [5.41, 5.74) is 6.83. The number of furan rings is 1. The molecule has 0 aromatic carbocycles. The van der Waals surface area contributed by atoms with Gasteiger partial charge >= 0.3 is 0 Å². The minimum atomic E-state index is 0.889. The highest BCUT2D eigenvalue weighted by Gasteiger charge is 1.76. The molecule has 14 heterocycles. The molecule has 0 saturated heterocycles. The molecule has 76 heavy (non-hydrogen) atoms. The lowest BCUT2D eigenvalue weighted by molar-refractivity contribution is 0.416. The van der Waals surface area contributed by atoms with Gasteiger partial charge in [0.2, 0.25) is 19.2 Å². The molecule has 0 N–H and O–H groups in total. The van der Waals surface area contributed by atoms with Crippen molar-refractivity contribution in [3.05, 3.63) is 235 Å². The molecule has 0 spiro atoms. The van der Waals surface area contributed by atoms with E-state index in [0.717, 1.165) is 25.8 Å². The summed E-state index contributed by atoms with van der Waals surface area (Å²) in [7, 11) is 1.94. The third kappa shape index (κ3) is 57.5. The zero-order valence-corrected chi connectivity index (χ0v) is 44.9. The van der Waals surface area contributed by atoms with Crippen LogP contribution in [0.1, 0.15) is 19.3 Å². The molecule has 0 atom stereocenters. The fraction of sp³-hybridized carbons (Fsp3) is 0.104. The smallest absolute Gasteiger partial charge is 0.213 e. The fourth-order valence-corrected chi connectivity index (χ4v) is 4.96. The summed E-state index contributed by atoms with van der Waals surface area (Å²) in [6.07, 6.45) is 52.8. The lowest BCUT2D eigenvalue weighted by Crippen LogP contribution is -1.76. The Kier molecular flexibility index (Phi) is 51.4. The summed E-state index contributed by atoms with van der Waals surface area (Å²) in [6.45, 7) is 0.889. The zero-order valence-electron chi connectivity index (χ0n) is 40.8. The van der Waals surface area contributed by atoms with Gasteiger partial charge in [0.25, 0.3) is 0 Å². The van der Waals surface area contributed by atoms with Gasteiger partial charge in [-0.25, -0.2) is 24.3 Å². The van der Waals surface area contributed by atoms with Gasteiger partial charge in [-0.15, -0.1) is 43.1 Å². The van der Waals surface area contributed by atoms with Crippen molar-refractivity contribution in [3.8, 4) is 0 Å². The van der Waals surface area contributed by atoms with E-state index in [-0.39, 0.29) is 0 Å². The van der Waals surface area contributed by atoms with Gasteiger partial charge in [-0.1, -0.05) is 58.9 Å². The molecule has 3 aliphatic heterocycles. The normalized spacial score (nSPS) is 10.6. The molecule has 28 heteroatoms. The van der Waals surface area contributed by atoms with Gasteiger partial charge in [0, 0.05) is 86.5 Å². The topological polar surface area (TPSA) is 288 Å². The highest BCUT2D eigenvalue weighted by molar-refractivity contribution is 7.08. The molecular weight excluding hydrogens is 1070 g/mol. The van der Waals surface area contributed by atoms with Crippen LogP contribution in [0.2, 0.25) is 0 Å². The Hall–Kier alpha value is -9.09. The van der Waals surface area contributed by atoms with E-state index in [1.54, 1.807) is 125 Å². The number of hydrogen-bond donors (Lipinski definition) is 0. The highest BCUT2D eigenvalue weighted by atomic mass is 32.1. The number of aliphatic imine (C=N–C) groups is 2. The second-order valence-corrected chi connectivity index (χ2v) is 15.3. The van der Waals surface area contributed by atoms with Gasteiger partial charge < -0.3 is 26.9 Å². The van der Waals surface area contributed by atoms with Crippen molar-refractivity contribution in [1.29, 1.82) is 0 Å². The van der Waals surface area contributed by atoms with E-state index in [1.165, 1.54) is 85.2 Å². The van der Waals surface area contributed by atoms with E-state index < -0.39 is 0 Å². The average Bonchev–Trinajstić information content (AvgIpc) is 4.35. The predicted octanol–water partition coefficient (Wildman–Crippen LogP) is 11.8. The first-order valence-corrected chi connectivity index (χ1v) is 26.0. The fourth-order valence-electron chi connectivity index (χ4n) is 3.26. The van der Waals surface area contributed by atoms with Crippen molar-refractivity contribution in [1.82, 2.24) is 68.9 Å². The van der Waals surface area contributed by atoms with Gasteiger partial charge in [0.1, 0.15) is 35.4 Å². The first-order valence-electron chi connectivity index (χ1n) is 21.5. The van der Waals surface area contributed by atoms with Crippen LogP contribution in [0.4, 0.5) is 0 Å². The van der Waals surface area contributed by atoms with Crippen molar-refractivity contribution in [3.63, 3.8) is 0 Å². The number of thiophene rings is 1. The zero-order chi connectivity index (χ0) is 53.9. The van der Waals surface area contributed by atoms with Gasteiger partial charge in [-0.2, -0.15) is 25.9 Å². The second-order valence-electron chi connectivity index (χ2n) is 11.7. The lowest BCUT2D eigenvalue weighted by Gasteiger charge is -1.76. The maximum atomic E-state index is 4.58. The number of aryl methyl sites for hydroxylation is 1. The molecule has 0 unspecified atom stereocenters. The standard InChI is InChI=1S/C5H6.C4H6N2.2C4H5N.C4H4O.C4H4S.C3H4N2.2C3H3NO.2C3H3NS.2C2H2N2O.2C2H2N2S/c1-2-4-5-3-1;1-6-3-2-5-4-6;5*1-2-4-5-3-1;1-2-5-3-4-1;1-2-4-5-3-1;1-2-5-3-4-1;1-2-4-5-3-1;1-3-4-2-5-1;1-3-2-5-4-1;1-3-4-2-5-1;1-3-2-5-4-1/h1-4H,5H2;2-4H,1H3;1,3-4H,2H2;1-3H,4H2;2*1-4H;2-3H,1H2;4*1-3H;4*1-2H. The Bertz CT molecular complexity index is 1980. The maximum Gasteiger partial charge on any atom is 0.213 e. The summed E-state index contributed by atoms with van der Waals surface area (Å²) in [5, 5.41) is 35.2. The van der Waals surface area contributed by atoms with Crippen LogP contribution < -0.4 is 0 Å². The van der Waals surface area contributed by atoms with Crippen LogP contribution in [0.5, 0.6) is 0 Å². The SMILES string of the molecule is C1=CCC=C1.C1=CCN=C1.C1=CN=CC1.C1=NN=CC1.Cn1ccnc1.c1ccoc1.c1ccsc1.c1cnoc1.c1cnsc1.c1cocn1.c1cscn1.c1ncon1.c1ncsn1.c1nnco1.c1nncs1. The van der Waals surface area contributed by atoms with Crippen molar-refractivity contribution in [2.45, 2.75) is 19.3 Å². The van der Waals surface area contributed by atoms with Gasteiger partial charge in [-0.3, -0.25) is 15.0 Å². The molecule has 23 nitrogen and oxygen atoms in total. The number of oxazole rings is 1. The van der Waals surface area contributed by atoms with Crippen LogP contribution in [-0.2, 0) is 7.05 Å². The number of nitrogens with zero attached hydrogens (tertiary/aromatic N) is 18. The molecule has 0 saturated carbocycles. The quantitative estimate of drug-likeness (QED) is 0.136. The third-order valence-corrected chi connectivity index (χ3v) is 8.72. The van der Waals surface area contributed by atoms with E-state index in [2.05, 4.69) is 131 Å². The summed E-state index contributed by atoms with van der Waals surface area (Å²) >= 11 is 7.62. The first kappa shape index (κ1) is 64.9. The molecule has 396 valence electrons. The molecule has 1 aliphatic carbocycles. The number of hydrogen-bond acceptors (Lipinski definition) is 27. The second kappa shape index (κ2) is 60.2. The molecule has 11 aromatic heterocycles. The van der Waals surface area contributed by atoms with E-state index in [0.29, 0.717) is 0 Å². The van der Waals surface area contributed by atoms with Crippen molar-refractivity contribution in [2.75, 3.05) is 6.54 Å². The van der Waals surface area contributed by atoms with Crippen molar-refractivity contribution in [2.24, 2.45) is 27.2 Å². The summed E-state index contributed by atoms with van der Waals surface area (Å²) < 4.78 is 31.3. The maximum absolute atomic E-state index is 4.58. The predicted molar refractivity (Wildman–Crippen MR) is 301 cm³/mol. The van der Waals surface area contributed by atoms with Crippen molar-refractivity contribution >= 4 is 81.9 Å². The van der Waals surface area contributed by atoms with Gasteiger partial charge in [0.15, 0.2) is 12.7 Å². The average molecular weight is 1120 g/mol. The Morgan fingerprint density at radius 2 is 1.30 bits per heavy atom. The molecule has 15 rings (SSSR count). The van der Waals surface area contributed by atoms with Crippen LogP contribution >= 0.6 is 57.1 Å². The highest BCUT2D eigenvalue weighted by Crippen LogP contribution is 1.94. The van der Waals surface area contributed by atoms with Crippen LogP contribution in [-0.4, -0.2) is 100 Å². The number of thiazole rings is 1. The van der Waals surface area contributed by atoms with Crippen molar-refractivity contribution < 1.29 is 22.3 Å². The Morgan fingerprint density at radius 3 is 1.50 bits per heavy atom. The number of imidazole rings is 1. The molecule has 0 radical (unpaired) electrons. The van der Waals surface area contributed by atoms with Gasteiger partial charge in [-0.05, 0) is 70.6 Å². The molecule has 4 aliphatic rings. The molecule has 0 bridgehead atoms. The Morgan fingerprint density at radius 1 is 0.474 bits per heavy atom. The monoisotopic (exact) mass is 1120 g/mol. The summed E-state index contributed by atoms with van der Waals surface area (Å²) in [4.78, 5) is 25.8.